The van der Waals surface area contributed by atoms with E-state index >= 15 is 0 Å². The summed E-state index contributed by atoms with van der Waals surface area (Å²) in [5, 5.41) is 2.95. The first-order valence-corrected chi connectivity index (χ1v) is 7.02. The van der Waals surface area contributed by atoms with E-state index in [-0.39, 0.29) is 11.9 Å². The SMILES string of the molecule is CCCNC(=O)C(C)N1CCC(OCCN)CC1. The van der Waals surface area contributed by atoms with Crippen molar-refractivity contribution < 1.29 is 9.53 Å². The maximum absolute atomic E-state index is 11.9. The molecule has 1 unspecified atom stereocenters. The Morgan fingerprint density at radius 2 is 2.17 bits per heavy atom. The van der Waals surface area contributed by atoms with Crippen LogP contribution >= 0.6 is 0 Å². The average molecular weight is 257 g/mol. The average Bonchev–Trinajstić information content (AvgIpc) is 2.42. The third-order valence-corrected chi connectivity index (χ3v) is 3.42. The van der Waals surface area contributed by atoms with Crippen LogP contribution in [0.25, 0.3) is 0 Å². The molecule has 0 aromatic carbocycles. The second-order valence-electron chi connectivity index (χ2n) is 4.86. The van der Waals surface area contributed by atoms with Gasteiger partial charge in [0.05, 0.1) is 18.8 Å². The Hall–Kier alpha value is -0.650. The van der Waals surface area contributed by atoms with E-state index in [2.05, 4.69) is 17.1 Å². The molecular weight excluding hydrogens is 230 g/mol. The summed E-state index contributed by atoms with van der Waals surface area (Å²) in [5.41, 5.74) is 5.42. The van der Waals surface area contributed by atoms with Gasteiger partial charge in [0.15, 0.2) is 0 Å². The first-order valence-electron chi connectivity index (χ1n) is 7.02. The van der Waals surface area contributed by atoms with E-state index in [9.17, 15) is 4.79 Å². The van der Waals surface area contributed by atoms with E-state index in [0.717, 1.165) is 38.9 Å². The van der Waals surface area contributed by atoms with Gasteiger partial charge in [0.25, 0.3) is 0 Å². The maximum atomic E-state index is 11.9. The molecule has 18 heavy (non-hydrogen) atoms. The molecule has 0 radical (unpaired) electrons. The highest BCUT2D eigenvalue weighted by Gasteiger charge is 2.26. The van der Waals surface area contributed by atoms with E-state index in [1.807, 2.05) is 6.92 Å². The van der Waals surface area contributed by atoms with Gasteiger partial charge in [-0.2, -0.15) is 0 Å². The Morgan fingerprint density at radius 3 is 2.72 bits per heavy atom. The van der Waals surface area contributed by atoms with Crippen LogP contribution in [-0.2, 0) is 9.53 Å². The van der Waals surface area contributed by atoms with Gasteiger partial charge in [-0.1, -0.05) is 6.92 Å². The van der Waals surface area contributed by atoms with Crippen molar-refractivity contribution in [3.05, 3.63) is 0 Å². The molecular formula is C13H27N3O2. The first-order chi connectivity index (χ1) is 8.69. The molecule has 5 nitrogen and oxygen atoms in total. The molecule has 3 N–H and O–H groups in total. The summed E-state index contributed by atoms with van der Waals surface area (Å²) in [6.07, 6.45) is 3.28. The molecule has 5 heteroatoms. The van der Waals surface area contributed by atoms with Crippen molar-refractivity contribution in [2.24, 2.45) is 5.73 Å². The van der Waals surface area contributed by atoms with Gasteiger partial charge < -0.3 is 15.8 Å². The number of nitrogens with zero attached hydrogens (tertiary/aromatic N) is 1. The predicted molar refractivity (Wildman–Crippen MR) is 72.4 cm³/mol. The number of piperidine rings is 1. The number of hydrogen-bond acceptors (Lipinski definition) is 4. The van der Waals surface area contributed by atoms with Gasteiger partial charge in [-0.05, 0) is 26.2 Å². The zero-order valence-corrected chi connectivity index (χ0v) is 11.7. The molecule has 0 aromatic heterocycles. The number of hydrogen-bond donors (Lipinski definition) is 2. The molecule has 1 aliphatic heterocycles. The van der Waals surface area contributed by atoms with Crippen molar-refractivity contribution in [2.45, 2.75) is 45.3 Å². The molecule has 1 rings (SSSR count). The lowest BCUT2D eigenvalue weighted by Gasteiger charge is -2.35. The Bertz CT molecular complexity index is 240. The Kier molecular flexibility index (Phi) is 7.23. The quantitative estimate of drug-likeness (QED) is 0.690. The summed E-state index contributed by atoms with van der Waals surface area (Å²) in [6.45, 7) is 7.87. The molecule has 0 aromatic rings. The number of nitrogens with two attached hydrogens (primary N) is 1. The summed E-state index contributed by atoms with van der Waals surface area (Å²) < 4.78 is 5.63. The van der Waals surface area contributed by atoms with E-state index in [1.165, 1.54) is 0 Å². The van der Waals surface area contributed by atoms with Crippen molar-refractivity contribution in [1.29, 1.82) is 0 Å². The molecule has 1 aliphatic rings. The molecule has 1 amide bonds. The van der Waals surface area contributed by atoms with Gasteiger partial charge >= 0.3 is 0 Å². The molecule has 1 atom stereocenters. The number of amides is 1. The normalized spacial score (nSPS) is 19.7. The number of carbonyl (C=O) groups excluding carboxylic acids is 1. The van der Waals surface area contributed by atoms with Gasteiger partial charge in [-0.15, -0.1) is 0 Å². The predicted octanol–water partition coefficient (Wildman–Crippen LogP) is 0.341. The summed E-state index contributed by atoms with van der Waals surface area (Å²) in [6, 6.07) is -0.0352. The van der Waals surface area contributed by atoms with E-state index in [0.29, 0.717) is 19.3 Å². The van der Waals surface area contributed by atoms with Crippen LogP contribution in [0.3, 0.4) is 0 Å². The molecule has 106 valence electrons. The third-order valence-electron chi connectivity index (χ3n) is 3.42. The van der Waals surface area contributed by atoms with Crippen LogP contribution in [0.2, 0.25) is 0 Å². The summed E-state index contributed by atoms with van der Waals surface area (Å²) in [4.78, 5) is 14.1. The van der Waals surface area contributed by atoms with Crippen molar-refractivity contribution >= 4 is 5.91 Å². The van der Waals surface area contributed by atoms with Crippen LogP contribution in [0.4, 0.5) is 0 Å². The fourth-order valence-corrected chi connectivity index (χ4v) is 2.23. The largest absolute Gasteiger partial charge is 0.377 e. The number of nitrogens with one attached hydrogen (secondary N) is 1. The lowest BCUT2D eigenvalue weighted by molar-refractivity contribution is -0.127. The standard InChI is InChI=1S/C13H27N3O2/c1-3-7-15-13(17)11(2)16-8-4-12(5-9-16)18-10-6-14/h11-12H,3-10,14H2,1-2H3,(H,15,17). The second kappa shape index (κ2) is 8.45. The van der Waals surface area contributed by atoms with Crippen LogP contribution in [0.15, 0.2) is 0 Å². The minimum atomic E-state index is -0.0352. The highest BCUT2D eigenvalue weighted by atomic mass is 16.5. The zero-order valence-electron chi connectivity index (χ0n) is 11.7. The minimum absolute atomic E-state index is 0.0352. The fourth-order valence-electron chi connectivity index (χ4n) is 2.23. The van der Waals surface area contributed by atoms with Gasteiger partial charge in [-0.25, -0.2) is 0 Å². The van der Waals surface area contributed by atoms with E-state index in [4.69, 9.17) is 10.5 Å². The van der Waals surface area contributed by atoms with Crippen LogP contribution in [0.1, 0.15) is 33.1 Å². The Balaban J connectivity index is 2.26. The number of ether oxygens (including phenoxy) is 1. The smallest absolute Gasteiger partial charge is 0.237 e. The minimum Gasteiger partial charge on any atom is -0.377 e. The third kappa shape index (κ3) is 4.92. The van der Waals surface area contributed by atoms with Gasteiger partial charge in [0.1, 0.15) is 0 Å². The van der Waals surface area contributed by atoms with Gasteiger partial charge in [0, 0.05) is 26.2 Å². The van der Waals surface area contributed by atoms with Crippen molar-refractivity contribution in [2.75, 3.05) is 32.8 Å². The summed E-state index contributed by atoms with van der Waals surface area (Å²) in [7, 11) is 0. The molecule has 0 saturated carbocycles. The number of likely N-dealkylation sites (tertiary alicyclic amines) is 1. The van der Waals surface area contributed by atoms with Crippen LogP contribution in [0, 0.1) is 0 Å². The van der Waals surface area contributed by atoms with E-state index < -0.39 is 0 Å². The lowest BCUT2D eigenvalue weighted by atomic mass is 10.1. The number of carbonyl (C=O) groups is 1. The van der Waals surface area contributed by atoms with Gasteiger partial charge in [0.2, 0.25) is 5.91 Å². The molecule has 0 bridgehead atoms. The fraction of sp³-hybridized carbons (Fsp3) is 0.923. The van der Waals surface area contributed by atoms with E-state index in [1.54, 1.807) is 0 Å². The Labute approximate surface area is 110 Å². The zero-order chi connectivity index (χ0) is 13.4. The van der Waals surface area contributed by atoms with Crippen LogP contribution in [0.5, 0.6) is 0 Å². The molecule has 0 spiro atoms. The molecule has 1 heterocycles. The first kappa shape index (κ1) is 15.4. The highest BCUT2D eigenvalue weighted by molar-refractivity contribution is 5.81. The maximum Gasteiger partial charge on any atom is 0.237 e. The topological polar surface area (TPSA) is 67.6 Å². The molecule has 0 aliphatic carbocycles. The highest BCUT2D eigenvalue weighted by Crippen LogP contribution is 2.15. The lowest BCUT2D eigenvalue weighted by Crippen LogP contribution is -2.49. The van der Waals surface area contributed by atoms with Crippen LogP contribution < -0.4 is 11.1 Å². The number of rotatable bonds is 7. The second-order valence-corrected chi connectivity index (χ2v) is 4.86. The molecule has 1 fully saturated rings. The monoisotopic (exact) mass is 257 g/mol. The van der Waals surface area contributed by atoms with Crippen molar-refractivity contribution in [1.82, 2.24) is 10.2 Å². The molecule has 1 saturated heterocycles. The van der Waals surface area contributed by atoms with Crippen molar-refractivity contribution in [3.63, 3.8) is 0 Å². The van der Waals surface area contributed by atoms with Crippen LogP contribution in [-0.4, -0.2) is 55.7 Å². The summed E-state index contributed by atoms with van der Waals surface area (Å²) >= 11 is 0. The van der Waals surface area contributed by atoms with Crippen molar-refractivity contribution in [3.8, 4) is 0 Å². The summed E-state index contributed by atoms with van der Waals surface area (Å²) in [5.74, 6) is 0.137. The Morgan fingerprint density at radius 1 is 1.50 bits per heavy atom. The van der Waals surface area contributed by atoms with Gasteiger partial charge in [-0.3, -0.25) is 9.69 Å².